The van der Waals surface area contributed by atoms with Gasteiger partial charge in [-0.3, -0.25) is 19.4 Å². The number of aliphatic carboxylic acids is 1. The first-order valence-corrected chi connectivity index (χ1v) is 19.2. The van der Waals surface area contributed by atoms with Crippen LogP contribution in [0.5, 0.6) is 0 Å². The molecule has 0 bridgehead atoms. The van der Waals surface area contributed by atoms with Crippen molar-refractivity contribution in [1.82, 2.24) is 19.4 Å². The Hall–Kier alpha value is -5.59. The minimum Gasteiger partial charge on any atom is -0.480 e. The number of alkyl halides is 9. The number of aromatic nitrogens is 3. The van der Waals surface area contributed by atoms with Gasteiger partial charge in [0, 0.05) is 61.3 Å². The number of morpholine rings is 1. The molecule has 2 aromatic carbocycles. The van der Waals surface area contributed by atoms with Crippen molar-refractivity contribution in [1.29, 1.82) is 0 Å². The minimum atomic E-state index is -4.92. The first-order valence-electron chi connectivity index (χ1n) is 18.2. The average Bonchev–Trinajstić information content (AvgIpc) is 3.19. The summed E-state index contributed by atoms with van der Waals surface area (Å²) < 4.78 is 157. The van der Waals surface area contributed by atoms with E-state index in [4.69, 9.17) is 4.74 Å². The van der Waals surface area contributed by atoms with Gasteiger partial charge in [-0.05, 0) is 72.3 Å². The maximum Gasteiger partial charge on any atom is 0.417 e. The maximum atomic E-state index is 15.1. The van der Waals surface area contributed by atoms with Gasteiger partial charge < -0.3 is 29.2 Å². The van der Waals surface area contributed by atoms with Gasteiger partial charge in [0.2, 0.25) is 0 Å². The number of amides is 1. The molecule has 1 aliphatic rings. The Morgan fingerprint density at radius 3 is 1.97 bits per heavy atom. The number of carbonyl (C=O) groups excluding carboxylic acids is 1. The van der Waals surface area contributed by atoms with Crippen LogP contribution in [0.15, 0.2) is 64.3 Å². The molecule has 0 spiro atoms. The molecule has 65 heavy (non-hydrogen) atoms. The third-order valence-corrected chi connectivity index (χ3v) is 11.2. The van der Waals surface area contributed by atoms with E-state index >= 15 is 8.78 Å². The van der Waals surface area contributed by atoms with Gasteiger partial charge in [-0.15, -0.1) is 0 Å². The Labute approximate surface area is 377 Å². The zero-order chi connectivity index (χ0) is 47.1. The molecule has 354 valence electrons. The third kappa shape index (κ3) is 11.4. The van der Waals surface area contributed by atoms with Crippen LogP contribution < -0.4 is 21.3 Å². The third-order valence-electron chi connectivity index (χ3n) is 10.1. The van der Waals surface area contributed by atoms with Crippen molar-refractivity contribution in [3.8, 4) is 11.1 Å². The highest BCUT2D eigenvalue weighted by Crippen LogP contribution is 2.39. The number of ether oxygens (including phenoxy) is 1. The maximum absolute atomic E-state index is 15.1. The molecule has 3 aromatic heterocycles. The number of pyridine rings is 3. The number of halogens is 12. The van der Waals surface area contributed by atoms with Gasteiger partial charge in [0.25, 0.3) is 17.0 Å². The summed E-state index contributed by atoms with van der Waals surface area (Å²) in [5, 5.41) is 12.0. The van der Waals surface area contributed by atoms with E-state index in [1.165, 1.54) is 79.5 Å². The number of anilines is 1. The number of nitrogens with zero attached hydrogens (tertiary/aromatic N) is 4. The lowest BCUT2D eigenvalue weighted by molar-refractivity contribution is -0.167. The second-order valence-electron chi connectivity index (χ2n) is 14.2. The standard InChI is InChI=1S/C32H26F8N4O5.C8H7F3INO.2CH4/c1-15-10-20(31(35,36)37)25(29(46)43(15)2)19-6-5-16(18-4-3-7-41-27(18)19)11-23(30(47)48)42-28(45)26-21(33)12-17(13-22(26)34)44-8-9-49-14-24(44)32(38,39)40;1-4-3-5(8(9,10)11)6(12)7(14)13(4)2;;/h3-7,10,12-13,23-24H,8-9,11,14H2,1-2H3,(H,42,45)(H,47,48);3H,1-2H3;2*1H4/t23-,24+;;;/m0.../s1. The molecule has 1 saturated heterocycles. The van der Waals surface area contributed by atoms with E-state index in [0.717, 1.165) is 22.8 Å². The van der Waals surface area contributed by atoms with Crippen LogP contribution in [0, 0.1) is 29.1 Å². The lowest BCUT2D eigenvalue weighted by atomic mass is 9.93. The van der Waals surface area contributed by atoms with Gasteiger partial charge in [-0.25, -0.2) is 13.6 Å². The van der Waals surface area contributed by atoms with Crippen molar-refractivity contribution in [2.24, 2.45) is 14.1 Å². The van der Waals surface area contributed by atoms with Gasteiger partial charge in [0.05, 0.1) is 39.0 Å². The Morgan fingerprint density at radius 1 is 0.877 bits per heavy atom. The highest BCUT2D eigenvalue weighted by molar-refractivity contribution is 14.1. The van der Waals surface area contributed by atoms with Crippen molar-refractivity contribution in [3.05, 3.63) is 124 Å². The van der Waals surface area contributed by atoms with Gasteiger partial charge in [-0.1, -0.05) is 33.1 Å². The fourth-order valence-electron chi connectivity index (χ4n) is 6.69. The SMILES string of the molecule is C.C.Cc1cc(C(F)(F)F)c(-c2ccc(C[C@H](NC(=O)c3c(F)cc(N4CCOC[C@@H]4C(F)(F)F)cc3F)C(=O)O)c3cccnc23)c(=O)n1C.Cc1cc(C(F)(F)F)c(I)c(=O)n1C. The number of nitrogens with one attached hydrogen (secondary N) is 1. The largest absolute Gasteiger partial charge is 0.480 e. The number of rotatable bonds is 7. The van der Waals surface area contributed by atoms with Crippen molar-refractivity contribution in [3.63, 3.8) is 0 Å². The minimum absolute atomic E-state index is 0. The smallest absolute Gasteiger partial charge is 0.417 e. The Bertz CT molecular complexity index is 2690. The average molecular weight is 1050 g/mol. The van der Waals surface area contributed by atoms with Crippen LogP contribution in [0.1, 0.15) is 53.3 Å². The number of benzene rings is 2. The molecule has 1 aliphatic heterocycles. The molecule has 0 aliphatic carbocycles. The summed E-state index contributed by atoms with van der Waals surface area (Å²) in [6, 6.07) is 4.01. The lowest BCUT2D eigenvalue weighted by Gasteiger charge is -2.38. The van der Waals surface area contributed by atoms with Crippen molar-refractivity contribution >= 4 is 51.1 Å². The zero-order valence-electron chi connectivity index (χ0n) is 33.0. The number of carboxylic acid groups (broad SMARTS) is 1. The Balaban J connectivity index is 0.000000601. The number of fused-ring (bicyclic) bond motifs is 1. The molecule has 5 aromatic rings. The first kappa shape index (κ1) is 53.7. The van der Waals surface area contributed by atoms with Gasteiger partial charge >= 0.3 is 24.5 Å². The highest BCUT2D eigenvalue weighted by atomic mass is 127. The molecule has 11 nitrogen and oxygen atoms in total. The molecule has 1 amide bonds. The molecule has 23 heteroatoms. The molecule has 0 saturated carbocycles. The van der Waals surface area contributed by atoms with Gasteiger partial charge in [0.15, 0.2) is 0 Å². The molecule has 0 radical (unpaired) electrons. The quantitative estimate of drug-likeness (QED) is 0.122. The Kier molecular flexibility index (Phi) is 16.8. The van der Waals surface area contributed by atoms with Crippen LogP contribution in [0.2, 0.25) is 0 Å². The summed E-state index contributed by atoms with van der Waals surface area (Å²) in [5.41, 5.74) is -5.89. The summed E-state index contributed by atoms with van der Waals surface area (Å²) in [4.78, 5) is 54.5. The van der Waals surface area contributed by atoms with E-state index in [-0.39, 0.29) is 59.3 Å². The molecule has 6 rings (SSSR count). The number of carbonyl (C=O) groups is 2. The lowest BCUT2D eigenvalue weighted by Crippen LogP contribution is -2.53. The first-order chi connectivity index (χ1) is 29.1. The van der Waals surface area contributed by atoms with Crippen molar-refractivity contribution < 1.29 is 67.7 Å². The zero-order valence-corrected chi connectivity index (χ0v) is 35.1. The highest BCUT2D eigenvalue weighted by Gasteiger charge is 2.46. The number of hydrogen-bond acceptors (Lipinski definition) is 7. The second-order valence-corrected chi connectivity index (χ2v) is 15.2. The summed E-state index contributed by atoms with van der Waals surface area (Å²) in [5.74, 6) is -6.29. The summed E-state index contributed by atoms with van der Waals surface area (Å²) in [6.07, 6.45) is -13.5. The number of carboxylic acids is 1. The van der Waals surface area contributed by atoms with E-state index in [9.17, 15) is 63.8 Å². The number of aryl methyl sites for hydroxylation is 2. The van der Waals surface area contributed by atoms with E-state index in [2.05, 4.69) is 4.98 Å². The predicted octanol–water partition coefficient (Wildman–Crippen LogP) is 8.99. The topological polar surface area (TPSA) is 136 Å². The van der Waals surface area contributed by atoms with E-state index in [0.29, 0.717) is 22.7 Å². The van der Waals surface area contributed by atoms with E-state index in [1.54, 1.807) is 0 Å². The van der Waals surface area contributed by atoms with Gasteiger partial charge in [-0.2, -0.15) is 39.5 Å². The molecule has 1 fully saturated rings. The molecule has 0 unspecified atom stereocenters. The summed E-state index contributed by atoms with van der Waals surface area (Å²) in [6.45, 7) is 1.50. The van der Waals surface area contributed by atoms with Crippen LogP contribution in [0.25, 0.3) is 22.0 Å². The number of hydrogen-bond donors (Lipinski definition) is 2. The van der Waals surface area contributed by atoms with Crippen LogP contribution in [-0.4, -0.2) is 69.1 Å². The molecule has 4 heterocycles. The fourth-order valence-corrected chi connectivity index (χ4v) is 7.51. The predicted molar refractivity (Wildman–Crippen MR) is 227 cm³/mol. The van der Waals surface area contributed by atoms with E-state index in [1.807, 2.05) is 5.32 Å². The summed E-state index contributed by atoms with van der Waals surface area (Å²) >= 11 is 1.42. The van der Waals surface area contributed by atoms with Crippen LogP contribution in [0.3, 0.4) is 0 Å². The molecular weight excluding hydrogens is 1010 g/mol. The summed E-state index contributed by atoms with van der Waals surface area (Å²) in [7, 11) is 2.74. The normalized spacial score (nSPS) is 14.7. The monoisotopic (exact) mass is 1050 g/mol. The molecule has 2 atom stereocenters. The molecular formula is C42H41F11IN5O6. The van der Waals surface area contributed by atoms with E-state index < -0.39 is 106 Å². The van der Waals surface area contributed by atoms with Crippen molar-refractivity contribution in [2.75, 3.05) is 24.7 Å². The van der Waals surface area contributed by atoms with Crippen LogP contribution in [-0.2, 0) is 42.4 Å². The van der Waals surface area contributed by atoms with Crippen LogP contribution >= 0.6 is 22.6 Å². The fraction of sp³-hybridized carbons (Fsp3) is 0.357. The van der Waals surface area contributed by atoms with Crippen LogP contribution in [0.4, 0.5) is 54.0 Å². The van der Waals surface area contributed by atoms with Crippen molar-refractivity contribution in [2.45, 2.75) is 65.7 Å². The second kappa shape index (κ2) is 20.3. The van der Waals surface area contributed by atoms with Gasteiger partial charge in [0.1, 0.15) is 29.3 Å². The Morgan fingerprint density at radius 2 is 1.43 bits per heavy atom. The molecule has 2 N–H and O–H groups in total.